The van der Waals surface area contributed by atoms with Gasteiger partial charge in [-0.1, -0.05) is 114 Å². The topological polar surface area (TPSA) is 35.5 Å². The third-order valence-corrected chi connectivity index (χ3v) is 13.5. The van der Waals surface area contributed by atoms with Crippen LogP contribution in [-0.4, -0.2) is 27.0 Å². The first-order chi connectivity index (χ1) is 18.8. The van der Waals surface area contributed by atoms with Gasteiger partial charge in [-0.25, -0.2) is 0 Å². The van der Waals surface area contributed by atoms with Gasteiger partial charge in [0.15, 0.2) is 0 Å². The zero-order valence-corrected chi connectivity index (χ0v) is 27.2. The van der Waals surface area contributed by atoms with Crippen molar-refractivity contribution < 1.29 is 14.0 Å². The number of allylic oxidation sites excluding steroid dienone is 2. The highest BCUT2D eigenvalue weighted by Gasteiger charge is 2.50. The van der Waals surface area contributed by atoms with E-state index >= 15 is 0 Å². The molecule has 3 atom stereocenters. The Hall–Kier alpha value is -2.43. The molecule has 0 bridgehead atoms. The van der Waals surface area contributed by atoms with Gasteiger partial charge in [0.2, 0.25) is 0 Å². The van der Waals surface area contributed by atoms with Crippen molar-refractivity contribution in [2.45, 2.75) is 92.2 Å². The third kappa shape index (κ3) is 7.44. The number of esters is 1. The molecule has 1 aliphatic carbocycles. The molecule has 0 heterocycles. The molecule has 0 N–H and O–H groups in total. The van der Waals surface area contributed by atoms with Crippen LogP contribution in [0.4, 0.5) is 0 Å². The van der Waals surface area contributed by atoms with Crippen molar-refractivity contribution in [3.8, 4) is 0 Å². The summed E-state index contributed by atoms with van der Waals surface area (Å²) in [6.07, 6.45) is 7.86. The maximum atomic E-state index is 12.6. The molecule has 0 saturated carbocycles. The number of ether oxygens (including phenoxy) is 1. The van der Waals surface area contributed by atoms with Crippen LogP contribution >= 0.6 is 0 Å². The standard InChI is InChI=1S/C36H52O3Si/c1-10-28-23-24-29(39-34(37)35(4,5)6)26-33(28)32(27(2)3)22-17-25-38-40(36(7,8)9,30-18-13-11-14-19-30)31-20-15-12-16-21-31/h10-16,18-21,23,27,29,32-33H,1,17,22,24-26H2,2-9H3/t29?,32-,33?/m0/s1. The van der Waals surface area contributed by atoms with Crippen molar-refractivity contribution >= 4 is 24.7 Å². The van der Waals surface area contributed by atoms with Gasteiger partial charge in [-0.15, -0.1) is 0 Å². The Morgan fingerprint density at radius 3 is 1.98 bits per heavy atom. The fourth-order valence-electron chi connectivity index (χ4n) is 6.32. The van der Waals surface area contributed by atoms with E-state index in [4.69, 9.17) is 9.16 Å². The third-order valence-electron chi connectivity index (χ3n) is 8.47. The lowest BCUT2D eigenvalue weighted by Gasteiger charge is -2.43. The number of hydrogen-bond donors (Lipinski definition) is 0. The SMILES string of the molecule is C=CC1=CCC(OC(=O)C(C)(C)C)CC1[C@@H](CCCO[Si](c1ccccc1)(c1ccccc1)C(C)(C)C)C(C)C. The van der Waals surface area contributed by atoms with Crippen LogP contribution in [0.15, 0.2) is 85.0 Å². The molecule has 3 nitrogen and oxygen atoms in total. The summed E-state index contributed by atoms with van der Waals surface area (Å²) in [7, 11) is -2.54. The summed E-state index contributed by atoms with van der Waals surface area (Å²) in [5.41, 5.74) is 0.808. The molecule has 2 unspecified atom stereocenters. The van der Waals surface area contributed by atoms with Crippen LogP contribution in [0.5, 0.6) is 0 Å². The van der Waals surface area contributed by atoms with Crippen LogP contribution in [0.2, 0.25) is 5.04 Å². The number of hydrogen-bond acceptors (Lipinski definition) is 3. The number of benzene rings is 2. The average Bonchev–Trinajstić information content (AvgIpc) is 2.90. The van der Waals surface area contributed by atoms with Gasteiger partial charge in [-0.2, -0.15) is 0 Å². The lowest BCUT2D eigenvalue weighted by Crippen LogP contribution is -2.66. The largest absolute Gasteiger partial charge is 0.462 e. The highest BCUT2D eigenvalue weighted by molar-refractivity contribution is 6.99. The summed E-state index contributed by atoms with van der Waals surface area (Å²) >= 11 is 0. The molecule has 0 amide bonds. The predicted octanol–water partition coefficient (Wildman–Crippen LogP) is 8.10. The Labute approximate surface area is 245 Å². The molecule has 0 aromatic heterocycles. The maximum Gasteiger partial charge on any atom is 0.311 e. The summed E-state index contributed by atoms with van der Waals surface area (Å²) in [5.74, 6) is 1.17. The van der Waals surface area contributed by atoms with Crippen molar-refractivity contribution in [2.75, 3.05) is 6.61 Å². The van der Waals surface area contributed by atoms with Gasteiger partial charge in [0.25, 0.3) is 8.32 Å². The van der Waals surface area contributed by atoms with Gasteiger partial charge in [0.1, 0.15) is 6.10 Å². The minimum atomic E-state index is -2.54. The monoisotopic (exact) mass is 560 g/mol. The second kappa shape index (κ2) is 13.5. The zero-order chi connectivity index (χ0) is 29.6. The smallest absolute Gasteiger partial charge is 0.311 e. The van der Waals surface area contributed by atoms with Crippen molar-refractivity contribution in [2.24, 2.45) is 23.2 Å². The quantitative estimate of drug-likeness (QED) is 0.158. The van der Waals surface area contributed by atoms with Crippen molar-refractivity contribution in [3.63, 3.8) is 0 Å². The molecule has 4 heteroatoms. The lowest BCUT2D eigenvalue weighted by atomic mass is 9.71. The molecular weight excluding hydrogens is 508 g/mol. The Bertz CT molecular complexity index is 1080. The van der Waals surface area contributed by atoms with Crippen LogP contribution in [0.1, 0.15) is 81.1 Å². The van der Waals surface area contributed by atoms with Crippen LogP contribution in [0.3, 0.4) is 0 Å². The van der Waals surface area contributed by atoms with Crippen LogP contribution in [-0.2, 0) is 14.0 Å². The fraction of sp³-hybridized carbons (Fsp3) is 0.528. The van der Waals surface area contributed by atoms with Gasteiger partial charge >= 0.3 is 5.97 Å². The van der Waals surface area contributed by atoms with E-state index in [2.05, 4.69) is 108 Å². The molecule has 2 aromatic carbocycles. The molecule has 218 valence electrons. The lowest BCUT2D eigenvalue weighted by molar-refractivity contribution is -0.159. The zero-order valence-electron chi connectivity index (χ0n) is 26.2. The summed E-state index contributed by atoms with van der Waals surface area (Å²) in [5, 5.41) is 2.61. The van der Waals surface area contributed by atoms with E-state index in [1.165, 1.54) is 15.9 Å². The van der Waals surface area contributed by atoms with E-state index in [9.17, 15) is 4.79 Å². The molecule has 0 fully saturated rings. The number of rotatable bonds is 11. The highest BCUT2D eigenvalue weighted by Crippen LogP contribution is 2.40. The first kappa shape index (κ1) is 32.1. The molecule has 0 radical (unpaired) electrons. The molecule has 1 aliphatic rings. The van der Waals surface area contributed by atoms with Crippen molar-refractivity contribution in [1.82, 2.24) is 0 Å². The van der Waals surface area contributed by atoms with E-state index in [0.717, 1.165) is 32.3 Å². The second-order valence-electron chi connectivity index (χ2n) is 13.8. The molecular formula is C36H52O3Si. The molecule has 0 spiro atoms. The summed E-state index contributed by atoms with van der Waals surface area (Å²) < 4.78 is 13.2. The highest BCUT2D eigenvalue weighted by atomic mass is 28.4. The van der Waals surface area contributed by atoms with Gasteiger partial charge in [0, 0.05) is 13.0 Å². The Balaban J connectivity index is 1.80. The van der Waals surface area contributed by atoms with Gasteiger partial charge in [-0.05, 0) is 78.8 Å². The summed E-state index contributed by atoms with van der Waals surface area (Å²) in [6.45, 7) is 22.2. The molecule has 2 aromatic rings. The van der Waals surface area contributed by atoms with Crippen LogP contribution in [0, 0.1) is 23.2 Å². The first-order valence-corrected chi connectivity index (χ1v) is 17.0. The Morgan fingerprint density at radius 1 is 0.975 bits per heavy atom. The van der Waals surface area contributed by atoms with Gasteiger partial charge in [-0.3, -0.25) is 4.79 Å². The maximum absolute atomic E-state index is 12.6. The first-order valence-electron chi connectivity index (χ1n) is 15.1. The Morgan fingerprint density at radius 2 is 1.52 bits per heavy atom. The van der Waals surface area contributed by atoms with Gasteiger partial charge < -0.3 is 9.16 Å². The molecule has 0 saturated heterocycles. The minimum Gasteiger partial charge on any atom is -0.462 e. The van der Waals surface area contributed by atoms with Crippen LogP contribution < -0.4 is 10.4 Å². The Kier molecular flexibility index (Phi) is 10.8. The van der Waals surface area contributed by atoms with Crippen molar-refractivity contribution in [3.05, 3.63) is 85.0 Å². The van der Waals surface area contributed by atoms with Gasteiger partial charge in [0.05, 0.1) is 5.41 Å². The predicted molar refractivity (Wildman–Crippen MR) is 171 cm³/mol. The number of carbonyl (C=O) groups excluding carboxylic acids is 1. The second-order valence-corrected chi connectivity index (χ2v) is 18.1. The van der Waals surface area contributed by atoms with E-state index in [1.54, 1.807) is 0 Å². The van der Waals surface area contributed by atoms with Crippen molar-refractivity contribution in [1.29, 1.82) is 0 Å². The van der Waals surface area contributed by atoms with E-state index < -0.39 is 13.7 Å². The average molecular weight is 561 g/mol. The normalized spacial score (nSPS) is 19.2. The minimum absolute atomic E-state index is 0.0283. The number of carbonyl (C=O) groups is 1. The van der Waals surface area contributed by atoms with E-state index in [-0.39, 0.29) is 17.1 Å². The van der Waals surface area contributed by atoms with Crippen LogP contribution in [0.25, 0.3) is 0 Å². The molecule has 0 aliphatic heterocycles. The van der Waals surface area contributed by atoms with E-state index in [1.807, 2.05) is 26.8 Å². The summed E-state index contributed by atoms with van der Waals surface area (Å²) in [6, 6.07) is 21.7. The fourth-order valence-corrected chi connectivity index (χ4v) is 10.9. The molecule has 40 heavy (non-hydrogen) atoms. The summed E-state index contributed by atoms with van der Waals surface area (Å²) in [4.78, 5) is 12.6. The van der Waals surface area contributed by atoms with E-state index in [0.29, 0.717) is 17.8 Å². The molecule has 3 rings (SSSR count).